The second-order valence-corrected chi connectivity index (χ2v) is 8.03. The lowest BCUT2D eigenvalue weighted by atomic mass is 9.89. The molecule has 6 nitrogen and oxygen atoms in total. The monoisotopic (exact) mass is 446 g/mol. The van der Waals surface area contributed by atoms with Gasteiger partial charge in [0.15, 0.2) is 0 Å². The number of benzene rings is 3. The van der Waals surface area contributed by atoms with E-state index in [1.165, 1.54) is 25.1 Å². The molecule has 3 aromatic rings. The van der Waals surface area contributed by atoms with Crippen molar-refractivity contribution in [3.63, 3.8) is 0 Å². The summed E-state index contributed by atoms with van der Waals surface area (Å²) in [7, 11) is 0. The molecule has 0 saturated carbocycles. The minimum absolute atomic E-state index is 0.109. The molecule has 0 bridgehead atoms. The van der Waals surface area contributed by atoms with E-state index in [0.29, 0.717) is 0 Å². The fourth-order valence-corrected chi connectivity index (χ4v) is 4.43. The van der Waals surface area contributed by atoms with E-state index in [1.807, 2.05) is 48.5 Å². The van der Waals surface area contributed by atoms with Crippen LogP contribution in [0.3, 0.4) is 0 Å². The molecule has 0 radical (unpaired) electrons. The Hall–Kier alpha value is -4.00. The fourth-order valence-electron chi connectivity index (χ4n) is 4.43. The third kappa shape index (κ3) is 4.48. The summed E-state index contributed by atoms with van der Waals surface area (Å²) in [6, 6.07) is 18.5. The first-order valence-electron chi connectivity index (χ1n) is 10.6. The van der Waals surface area contributed by atoms with Crippen LogP contribution in [0.4, 0.5) is 4.39 Å². The number of fused-ring (bicyclic) bond motifs is 3. The van der Waals surface area contributed by atoms with Gasteiger partial charge in [0.2, 0.25) is 11.8 Å². The molecule has 168 valence electrons. The summed E-state index contributed by atoms with van der Waals surface area (Å²) in [5, 5.41) is 15.2. The predicted octanol–water partition coefficient (Wildman–Crippen LogP) is 3.25. The van der Waals surface area contributed by atoms with Crippen LogP contribution in [-0.2, 0) is 20.8 Å². The summed E-state index contributed by atoms with van der Waals surface area (Å²) >= 11 is 0. The van der Waals surface area contributed by atoms with Crippen molar-refractivity contribution in [2.75, 3.05) is 0 Å². The van der Waals surface area contributed by atoms with Crippen molar-refractivity contribution in [3.8, 4) is 11.1 Å². The van der Waals surface area contributed by atoms with Gasteiger partial charge in [-0.05, 0) is 33.9 Å². The number of carboxylic acid groups (broad SMARTS) is 1. The Kier molecular flexibility index (Phi) is 6.22. The summed E-state index contributed by atoms with van der Waals surface area (Å²) in [6.07, 6.45) is -0.109. The van der Waals surface area contributed by atoms with E-state index < -0.39 is 41.6 Å². The van der Waals surface area contributed by atoms with Gasteiger partial charge in [0.1, 0.15) is 17.9 Å². The van der Waals surface area contributed by atoms with Gasteiger partial charge in [-0.25, -0.2) is 9.18 Å². The number of carbonyl (C=O) groups excluding carboxylic acids is 2. The molecule has 7 heteroatoms. The van der Waals surface area contributed by atoms with Crippen LogP contribution in [0.25, 0.3) is 11.1 Å². The molecule has 1 aliphatic rings. The molecule has 3 N–H and O–H groups in total. The number of aliphatic carboxylic acids is 1. The third-order valence-corrected chi connectivity index (χ3v) is 5.85. The Morgan fingerprint density at radius 2 is 1.42 bits per heavy atom. The van der Waals surface area contributed by atoms with Crippen LogP contribution in [0.2, 0.25) is 0 Å². The van der Waals surface area contributed by atoms with Gasteiger partial charge in [-0.15, -0.1) is 0 Å². The molecule has 0 spiro atoms. The maximum absolute atomic E-state index is 14.2. The summed E-state index contributed by atoms with van der Waals surface area (Å²) in [5.74, 6) is -3.48. The molecular formula is C26H23FN2O4. The second kappa shape index (κ2) is 9.24. The number of amides is 2. The van der Waals surface area contributed by atoms with Gasteiger partial charge in [0, 0.05) is 19.3 Å². The summed E-state index contributed by atoms with van der Waals surface area (Å²) in [4.78, 5) is 37.3. The molecule has 0 aliphatic heterocycles. The average molecular weight is 446 g/mol. The Bertz CT molecular complexity index is 1180. The number of hydrogen-bond acceptors (Lipinski definition) is 3. The molecule has 0 saturated heterocycles. The molecular weight excluding hydrogens is 423 g/mol. The van der Waals surface area contributed by atoms with Gasteiger partial charge in [-0.1, -0.05) is 66.7 Å². The minimum Gasteiger partial charge on any atom is -0.480 e. The number of nitrogens with one attached hydrogen (secondary N) is 2. The van der Waals surface area contributed by atoms with E-state index in [1.54, 1.807) is 6.07 Å². The molecule has 0 aromatic heterocycles. The van der Waals surface area contributed by atoms with Crippen LogP contribution in [0.15, 0.2) is 72.8 Å². The highest BCUT2D eigenvalue weighted by molar-refractivity contribution is 5.92. The summed E-state index contributed by atoms with van der Waals surface area (Å²) in [6.45, 7) is 1.25. The number of rotatable bonds is 7. The number of carboxylic acids is 1. The van der Waals surface area contributed by atoms with E-state index in [0.717, 1.165) is 22.3 Å². The number of hydrogen-bond donors (Lipinski definition) is 3. The van der Waals surface area contributed by atoms with Crippen LogP contribution in [0, 0.1) is 5.82 Å². The van der Waals surface area contributed by atoms with E-state index >= 15 is 0 Å². The first-order valence-corrected chi connectivity index (χ1v) is 10.6. The van der Waals surface area contributed by atoms with Gasteiger partial charge in [-0.3, -0.25) is 9.59 Å². The van der Waals surface area contributed by atoms with Crippen molar-refractivity contribution >= 4 is 17.8 Å². The van der Waals surface area contributed by atoms with Gasteiger partial charge in [0.25, 0.3) is 0 Å². The minimum atomic E-state index is -1.28. The summed E-state index contributed by atoms with van der Waals surface area (Å²) < 4.78 is 14.2. The Labute approximate surface area is 190 Å². The lowest BCUT2D eigenvalue weighted by molar-refractivity contribution is -0.142. The third-order valence-electron chi connectivity index (χ3n) is 5.85. The smallest absolute Gasteiger partial charge is 0.327 e. The van der Waals surface area contributed by atoms with E-state index in [4.69, 9.17) is 0 Å². The molecule has 2 atom stereocenters. The van der Waals surface area contributed by atoms with Crippen molar-refractivity contribution in [2.24, 2.45) is 0 Å². The average Bonchev–Trinajstić information content (AvgIpc) is 3.12. The van der Waals surface area contributed by atoms with Crippen molar-refractivity contribution in [1.82, 2.24) is 10.6 Å². The zero-order chi connectivity index (χ0) is 23.5. The molecule has 1 aliphatic carbocycles. The first-order chi connectivity index (χ1) is 15.9. The lowest BCUT2D eigenvalue weighted by Crippen LogP contribution is -2.53. The normalized spacial score (nSPS) is 14.0. The molecule has 0 fully saturated rings. The molecule has 33 heavy (non-hydrogen) atoms. The quantitative estimate of drug-likeness (QED) is 0.519. The summed E-state index contributed by atoms with van der Waals surface area (Å²) in [5.41, 5.74) is 3.69. The van der Waals surface area contributed by atoms with E-state index in [-0.39, 0.29) is 12.0 Å². The molecule has 3 aromatic carbocycles. The topological polar surface area (TPSA) is 95.5 Å². The predicted molar refractivity (Wildman–Crippen MR) is 121 cm³/mol. The van der Waals surface area contributed by atoms with Gasteiger partial charge >= 0.3 is 5.97 Å². The molecule has 4 rings (SSSR count). The van der Waals surface area contributed by atoms with Crippen LogP contribution in [-0.4, -0.2) is 35.0 Å². The fraction of sp³-hybridized carbons (Fsp3) is 0.192. The molecule has 2 amide bonds. The maximum atomic E-state index is 14.2. The van der Waals surface area contributed by atoms with Crippen LogP contribution in [0.5, 0.6) is 0 Å². The Morgan fingerprint density at radius 3 is 1.97 bits per heavy atom. The SMILES string of the molecule is CC(=O)N[C@H](Cc1ccccc1F)C(=O)N[C@H](C(=O)O)C1c2ccccc2-c2ccccc21. The highest BCUT2D eigenvalue weighted by atomic mass is 19.1. The highest BCUT2D eigenvalue weighted by Gasteiger charge is 2.39. The molecule has 0 unspecified atom stereocenters. The van der Waals surface area contributed by atoms with E-state index in [9.17, 15) is 23.9 Å². The lowest BCUT2D eigenvalue weighted by Gasteiger charge is -2.26. The second-order valence-electron chi connectivity index (χ2n) is 8.03. The van der Waals surface area contributed by atoms with Crippen molar-refractivity contribution < 1.29 is 23.9 Å². The molecule has 0 heterocycles. The Balaban J connectivity index is 1.66. The van der Waals surface area contributed by atoms with Crippen LogP contribution < -0.4 is 10.6 Å². The van der Waals surface area contributed by atoms with Crippen molar-refractivity contribution in [1.29, 1.82) is 0 Å². The van der Waals surface area contributed by atoms with Gasteiger partial charge < -0.3 is 15.7 Å². The van der Waals surface area contributed by atoms with E-state index in [2.05, 4.69) is 10.6 Å². The zero-order valence-corrected chi connectivity index (χ0v) is 17.9. The van der Waals surface area contributed by atoms with Gasteiger partial charge in [0.05, 0.1) is 0 Å². The standard InChI is InChI=1S/C26H23FN2O4/c1-15(30)28-22(14-16-8-2-7-13-21(16)27)25(31)29-24(26(32)33)23-19-11-5-3-9-17(19)18-10-4-6-12-20(18)23/h2-13,22-24H,14H2,1H3,(H,28,30)(H,29,31)(H,32,33)/t22-,24+/m1/s1. The highest BCUT2D eigenvalue weighted by Crippen LogP contribution is 2.46. The maximum Gasteiger partial charge on any atom is 0.327 e. The number of carbonyl (C=O) groups is 3. The van der Waals surface area contributed by atoms with Crippen molar-refractivity contribution in [2.45, 2.75) is 31.3 Å². The Morgan fingerprint density at radius 1 is 0.879 bits per heavy atom. The largest absolute Gasteiger partial charge is 0.480 e. The number of halogens is 1. The van der Waals surface area contributed by atoms with Crippen LogP contribution in [0.1, 0.15) is 29.5 Å². The van der Waals surface area contributed by atoms with Gasteiger partial charge in [-0.2, -0.15) is 0 Å². The van der Waals surface area contributed by atoms with Crippen LogP contribution >= 0.6 is 0 Å². The zero-order valence-electron chi connectivity index (χ0n) is 17.9. The van der Waals surface area contributed by atoms with Crippen molar-refractivity contribution in [3.05, 3.63) is 95.3 Å². The first kappa shape index (κ1) is 22.2.